The summed E-state index contributed by atoms with van der Waals surface area (Å²) in [7, 11) is 3.37. The minimum Gasteiger partial charge on any atom is -0.382 e. The lowest BCUT2D eigenvalue weighted by Crippen LogP contribution is -2.40. The molecule has 15 heavy (non-hydrogen) atoms. The number of rotatable bonds is 2. The zero-order valence-corrected chi connectivity index (χ0v) is 9.52. The first-order valence-electron chi connectivity index (χ1n) is 5.07. The van der Waals surface area contributed by atoms with E-state index in [1.807, 2.05) is 13.8 Å². The number of methoxy groups -OCH3 is 1. The number of likely N-dealkylation sites (N-methyl/N-ethyl adjacent to an activating group) is 1. The van der Waals surface area contributed by atoms with E-state index in [2.05, 4.69) is 0 Å². The second-order valence-electron chi connectivity index (χ2n) is 4.49. The zero-order valence-electron chi connectivity index (χ0n) is 9.52. The van der Waals surface area contributed by atoms with Crippen LogP contribution < -0.4 is 0 Å². The fourth-order valence-corrected chi connectivity index (χ4v) is 2.22. The number of carbonyl (C=O) groups excluding carboxylic acids is 1. The third kappa shape index (κ3) is 1.64. The highest BCUT2D eigenvalue weighted by atomic mass is 16.8. The molecular weight excluding hydrogens is 198 g/mol. The maximum absolute atomic E-state index is 11.8. The molecule has 0 radical (unpaired) electrons. The minimum absolute atomic E-state index is 0.0207. The first-order chi connectivity index (χ1) is 6.96. The molecule has 5 nitrogen and oxygen atoms in total. The number of likely N-dealkylation sites (tertiary alicyclic amines) is 1. The number of carbonyl (C=O) groups is 1. The van der Waals surface area contributed by atoms with Gasteiger partial charge in [0.2, 0.25) is 0 Å². The van der Waals surface area contributed by atoms with Crippen molar-refractivity contribution in [3.8, 4) is 0 Å². The van der Waals surface area contributed by atoms with Gasteiger partial charge in [-0.2, -0.15) is 0 Å². The lowest BCUT2D eigenvalue weighted by Gasteiger charge is -2.26. The Bertz CT molecular complexity index is 279. The number of ether oxygens (including phenoxy) is 3. The van der Waals surface area contributed by atoms with Crippen LogP contribution in [0.15, 0.2) is 0 Å². The van der Waals surface area contributed by atoms with E-state index < -0.39 is 11.9 Å². The number of hydrogen-bond donors (Lipinski definition) is 0. The first kappa shape index (κ1) is 10.9. The van der Waals surface area contributed by atoms with Crippen LogP contribution in [-0.4, -0.2) is 55.6 Å². The van der Waals surface area contributed by atoms with Gasteiger partial charge < -0.3 is 19.1 Å². The van der Waals surface area contributed by atoms with Gasteiger partial charge in [0.25, 0.3) is 5.91 Å². The summed E-state index contributed by atoms with van der Waals surface area (Å²) in [6, 6.07) is -0.0470. The van der Waals surface area contributed by atoms with Gasteiger partial charge in [-0.1, -0.05) is 0 Å². The smallest absolute Gasteiger partial charge is 0.254 e. The molecule has 0 saturated carbocycles. The highest BCUT2D eigenvalue weighted by Gasteiger charge is 2.56. The Morgan fingerprint density at radius 3 is 2.73 bits per heavy atom. The molecule has 2 saturated heterocycles. The molecule has 2 heterocycles. The maximum Gasteiger partial charge on any atom is 0.254 e. The standard InChI is InChI=1S/C10H17NO4/c1-10(2)14-7-6(5-13-4)11(3)9(12)8(7)15-10/h6-8H,5H2,1-4H3/t6-,7-,8-/m1/s1. The van der Waals surface area contributed by atoms with Crippen LogP contribution in [0.5, 0.6) is 0 Å². The Labute approximate surface area is 89.3 Å². The second-order valence-corrected chi connectivity index (χ2v) is 4.49. The van der Waals surface area contributed by atoms with Gasteiger partial charge in [-0.25, -0.2) is 0 Å². The summed E-state index contributed by atoms with van der Waals surface area (Å²) in [6.07, 6.45) is -0.678. The zero-order chi connectivity index (χ0) is 11.2. The predicted octanol–water partition coefficient (Wildman–Crippen LogP) is -0.00650. The Balaban J connectivity index is 2.18. The van der Waals surface area contributed by atoms with Crippen molar-refractivity contribution in [2.45, 2.75) is 37.9 Å². The predicted molar refractivity (Wildman–Crippen MR) is 52.3 cm³/mol. The van der Waals surface area contributed by atoms with E-state index in [-0.39, 0.29) is 18.1 Å². The van der Waals surface area contributed by atoms with Crippen molar-refractivity contribution in [1.29, 1.82) is 0 Å². The van der Waals surface area contributed by atoms with Crippen molar-refractivity contribution in [2.24, 2.45) is 0 Å². The molecule has 0 spiro atoms. The van der Waals surface area contributed by atoms with Crippen LogP contribution in [0.2, 0.25) is 0 Å². The molecular formula is C10H17NO4. The van der Waals surface area contributed by atoms with Gasteiger partial charge in [0.05, 0.1) is 12.6 Å². The van der Waals surface area contributed by atoms with Gasteiger partial charge >= 0.3 is 0 Å². The first-order valence-corrected chi connectivity index (χ1v) is 5.07. The fraction of sp³-hybridized carbons (Fsp3) is 0.900. The van der Waals surface area contributed by atoms with Gasteiger partial charge in [0.15, 0.2) is 11.9 Å². The number of amides is 1. The molecule has 0 N–H and O–H groups in total. The summed E-state index contributed by atoms with van der Waals surface area (Å²) in [5.74, 6) is -0.689. The van der Waals surface area contributed by atoms with Crippen LogP contribution in [0.25, 0.3) is 0 Å². The molecule has 0 aromatic heterocycles. The molecule has 0 aromatic rings. The molecule has 86 valence electrons. The molecule has 2 aliphatic heterocycles. The molecule has 0 unspecified atom stereocenters. The lowest BCUT2D eigenvalue weighted by molar-refractivity contribution is -0.173. The highest BCUT2D eigenvalue weighted by Crippen LogP contribution is 2.36. The lowest BCUT2D eigenvalue weighted by atomic mass is 10.1. The summed E-state index contributed by atoms with van der Waals surface area (Å²) in [6.45, 7) is 4.12. The average Bonchev–Trinajstić information content (AvgIpc) is 2.56. The van der Waals surface area contributed by atoms with Crippen LogP contribution >= 0.6 is 0 Å². The fourth-order valence-electron chi connectivity index (χ4n) is 2.22. The van der Waals surface area contributed by atoms with Crippen molar-refractivity contribution in [3.05, 3.63) is 0 Å². The molecule has 0 bridgehead atoms. The largest absolute Gasteiger partial charge is 0.382 e. The van der Waals surface area contributed by atoms with Gasteiger partial charge in [0, 0.05) is 14.2 Å². The van der Waals surface area contributed by atoms with Gasteiger partial charge in [-0.3, -0.25) is 4.79 Å². The molecule has 0 aromatic carbocycles. The van der Waals surface area contributed by atoms with Crippen LogP contribution in [0.4, 0.5) is 0 Å². The quantitative estimate of drug-likeness (QED) is 0.650. The van der Waals surface area contributed by atoms with Crippen LogP contribution in [0.3, 0.4) is 0 Å². The SMILES string of the molecule is COC[C@@H]1[C@H]2OC(C)(C)O[C@H]2C(=O)N1C. The topological polar surface area (TPSA) is 48.0 Å². The number of fused-ring (bicyclic) bond motifs is 1. The Hall–Kier alpha value is -0.650. The second kappa shape index (κ2) is 3.43. The van der Waals surface area contributed by atoms with E-state index in [4.69, 9.17) is 14.2 Å². The Morgan fingerprint density at radius 1 is 1.47 bits per heavy atom. The third-order valence-corrected chi connectivity index (χ3v) is 2.93. The van der Waals surface area contributed by atoms with E-state index >= 15 is 0 Å². The van der Waals surface area contributed by atoms with E-state index in [1.54, 1.807) is 19.1 Å². The summed E-state index contributed by atoms with van der Waals surface area (Å²) in [5.41, 5.74) is 0. The van der Waals surface area contributed by atoms with E-state index in [1.165, 1.54) is 0 Å². The molecule has 2 aliphatic rings. The molecule has 2 rings (SSSR count). The van der Waals surface area contributed by atoms with Crippen LogP contribution in [0.1, 0.15) is 13.8 Å². The van der Waals surface area contributed by atoms with Gasteiger partial charge in [-0.05, 0) is 13.8 Å². The normalized spacial score (nSPS) is 38.5. The van der Waals surface area contributed by atoms with Crippen molar-refractivity contribution in [2.75, 3.05) is 20.8 Å². The average molecular weight is 215 g/mol. The molecule has 3 atom stereocenters. The van der Waals surface area contributed by atoms with E-state index in [0.29, 0.717) is 6.61 Å². The molecule has 1 amide bonds. The van der Waals surface area contributed by atoms with Crippen molar-refractivity contribution < 1.29 is 19.0 Å². The third-order valence-electron chi connectivity index (χ3n) is 2.93. The molecule has 0 aliphatic carbocycles. The van der Waals surface area contributed by atoms with E-state index in [0.717, 1.165) is 0 Å². The summed E-state index contributed by atoms with van der Waals surface area (Å²) in [4.78, 5) is 13.5. The summed E-state index contributed by atoms with van der Waals surface area (Å²) < 4.78 is 16.4. The van der Waals surface area contributed by atoms with Crippen molar-refractivity contribution in [1.82, 2.24) is 4.90 Å². The van der Waals surface area contributed by atoms with Crippen LogP contribution in [0, 0.1) is 0 Å². The summed E-state index contributed by atoms with van der Waals surface area (Å²) >= 11 is 0. The van der Waals surface area contributed by atoms with Crippen molar-refractivity contribution >= 4 is 5.91 Å². The monoisotopic (exact) mass is 215 g/mol. The Morgan fingerprint density at radius 2 is 2.13 bits per heavy atom. The van der Waals surface area contributed by atoms with Gasteiger partial charge in [0.1, 0.15) is 6.10 Å². The number of hydrogen-bond acceptors (Lipinski definition) is 4. The summed E-state index contributed by atoms with van der Waals surface area (Å²) in [5, 5.41) is 0. The van der Waals surface area contributed by atoms with E-state index in [9.17, 15) is 4.79 Å². The molecule has 2 fully saturated rings. The maximum atomic E-state index is 11.8. The van der Waals surface area contributed by atoms with Crippen LogP contribution in [-0.2, 0) is 19.0 Å². The van der Waals surface area contributed by atoms with Crippen molar-refractivity contribution in [3.63, 3.8) is 0 Å². The molecule has 5 heteroatoms. The van der Waals surface area contributed by atoms with Gasteiger partial charge in [-0.15, -0.1) is 0 Å². The minimum atomic E-state index is -0.668. The number of nitrogens with zero attached hydrogens (tertiary/aromatic N) is 1. The Kier molecular flexibility index (Phi) is 2.48. The highest BCUT2D eigenvalue weighted by molar-refractivity contribution is 5.85.